The molecule has 1 N–H and O–H groups in total. The lowest BCUT2D eigenvalue weighted by molar-refractivity contribution is -0.0688. The highest BCUT2D eigenvalue weighted by Crippen LogP contribution is 2.14. The van der Waals surface area contributed by atoms with E-state index in [4.69, 9.17) is 9.47 Å². The van der Waals surface area contributed by atoms with Crippen LogP contribution in [0.25, 0.3) is 0 Å². The molecule has 0 aromatic heterocycles. The van der Waals surface area contributed by atoms with Gasteiger partial charge in [0, 0.05) is 7.11 Å². The summed E-state index contributed by atoms with van der Waals surface area (Å²) in [4.78, 5) is 10.8. The van der Waals surface area contributed by atoms with Crippen LogP contribution in [-0.4, -0.2) is 25.5 Å². The first-order valence-corrected chi connectivity index (χ1v) is 4.28. The van der Waals surface area contributed by atoms with Gasteiger partial charge in [-0.2, -0.15) is 0 Å². The van der Waals surface area contributed by atoms with E-state index in [2.05, 4.69) is 12.2 Å². The molecule has 0 radical (unpaired) electrons. The summed E-state index contributed by atoms with van der Waals surface area (Å²) in [6.07, 6.45) is 2.34. The van der Waals surface area contributed by atoms with Gasteiger partial charge < -0.3 is 14.8 Å². The largest absolute Gasteiger partial charge is 0.417 e. The molecule has 12 heavy (non-hydrogen) atoms. The summed E-state index contributed by atoms with van der Waals surface area (Å²) in [7, 11) is 1.55. The number of nitrogens with one attached hydrogen (secondary N) is 1. The van der Waals surface area contributed by atoms with Crippen LogP contribution in [-0.2, 0) is 9.47 Å². The van der Waals surface area contributed by atoms with Crippen LogP contribution >= 0.6 is 0 Å². The van der Waals surface area contributed by atoms with Crippen molar-refractivity contribution < 1.29 is 14.3 Å². The van der Waals surface area contributed by atoms with Crippen LogP contribution in [0.15, 0.2) is 0 Å². The molecule has 1 saturated heterocycles. The minimum absolute atomic E-state index is 0.0300. The lowest BCUT2D eigenvalue weighted by Gasteiger charge is -2.13. The van der Waals surface area contributed by atoms with E-state index < -0.39 is 6.29 Å². The third-order valence-electron chi connectivity index (χ3n) is 1.96. The summed E-state index contributed by atoms with van der Waals surface area (Å²) in [5.41, 5.74) is 0. The third kappa shape index (κ3) is 2.11. The van der Waals surface area contributed by atoms with Gasteiger partial charge in [-0.15, -0.1) is 0 Å². The van der Waals surface area contributed by atoms with Crippen LogP contribution in [0.3, 0.4) is 0 Å². The van der Waals surface area contributed by atoms with Crippen LogP contribution in [0.2, 0.25) is 0 Å². The number of methoxy groups -OCH3 is 1. The number of hydrogen-bond donors (Lipinski definition) is 1. The molecule has 4 heteroatoms. The number of carbonyl (C=O) groups is 1. The first kappa shape index (κ1) is 9.32. The number of hydrogen-bond acceptors (Lipinski definition) is 3. The van der Waals surface area contributed by atoms with Crippen molar-refractivity contribution >= 4 is 6.09 Å². The van der Waals surface area contributed by atoms with Gasteiger partial charge >= 0.3 is 6.09 Å². The van der Waals surface area contributed by atoms with Crippen molar-refractivity contribution in [2.75, 3.05) is 7.11 Å². The Hall–Kier alpha value is -0.770. The molecule has 0 aromatic carbocycles. The maximum Gasteiger partial charge on any atom is 0.409 e. The van der Waals surface area contributed by atoms with Gasteiger partial charge in [0.2, 0.25) is 6.29 Å². The fourth-order valence-corrected chi connectivity index (χ4v) is 1.29. The molecule has 1 rings (SSSR count). The first-order chi connectivity index (χ1) is 5.77. The molecule has 0 saturated carbocycles. The summed E-state index contributed by atoms with van der Waals surface area (Å²) >= 11 is 0. The van der Waals surface area contributed by atoms with Crippen molar-refractivity contribution in [1.82, 2.24) is 5.32 Å². The van der Waals surface area contributed by atoms with Crippen molar-refractivity contribution in [2.45, 2.75) is 38.5 Å². The van der Waals surface area contributed by atoms with E-state index in [1.165, 1.54) is 0 Å². The van der Waals surface area contributed by atoms with Crippen LogP contribution in [0, 0.1) is 0 Å². The van der Waals surface area contributed by atoms with Crippen LogP contribution in [0.5, 0.6) is 0 Å². The SMILES string of the molecule is CCCC[C@@H]1NC(=O)O[C@H]1OC. The Morgan fingerprint density at radius 1 is 1.67 bits per heavy atom. The van der Waals surface area contributed by atoms with Crippen molar-refractivity contribution in [3.63, 3.8) is 0 Å². The Bertz CT molecular complexity index is 160. The topological polar surface area (TPSA) is 47.6 Å². The summed E-state index contributed by atoms with van der Waals surface area (Å²) < 4.78 is 9.83. The standard InChI is InChI=1S/C8H15NO3/c1-3-4-5-6-7(11-2)12-8(10)9-6/h6-7H,3-5H2,1-2H3,(H,9,10)/t6-,7+/m0/s1. The fourth-order valence-electron chi connectivity index (χ4n) is 1.29. The quantitative estimate of drug-likeness (QED) is 0.696. The number of alkyl carbamates (subject to hydrolysis) is 1. The number of ether oxygens (including phenoxy) is 2. The summed E-state index contributed by atoms with van der Waals surface area (Å²) in [6.45, 7) is 2.11. The van der Waals surface area contributed by atoms with E-state index in [1.807, 2.05) is 0 Å². The smallest absolute Gasteiger partial charge is 0.409 e. The van der Waals surface area contributed by atoms with E-state index in [0.717, 1.165) is 19.3 Å². The lowest BCUT2D eigenvalue weighted by atomic mass is 10.1. The average Bonchev–Trinajstić information content (AvgIpc) is 2.42. The molecule has 2 atom stereocenters. The normalized spacial score (nSPS) is 28.3. The van der Waals surface area contributed by atoms with E-state index in [1.54, 1.807) is 7.11 Å². The molecule has 1 heterocycles. The summed E-state index contributed by atoms with van der Waals surface area (Å²) in [5, 5.41) is 2.70. The van der Waals surface area contributed by atoms with Crippen molar-refractivity contribution in [1.29, 1.82) is 0 Å². The Kier molecular flexibility index (Phi) is 3.34. The number of cyclic esters (lactones) is 1. The Morgan fingerprint density at radius 3 is 3.00 bits per heavy atom. The highest BCUT2D eigenvalue weighted by molar-refractivity contribution is 5.69. The molecular formula is C8H15NO3. The average molecular weight is 173 g/mol. The van der Waals surface area contributed by atoms with Crippen molar-refractivity contribution in [2.24, 2.45) is 0 Å². The molecule has 1 fully saturated rings. The maximum atomic E-state index is 10.8. The van der Waals surface area contributed by atoms with Crippen molar-refractivity contribution in [3.8, 4) is 0 Å². The molecule has 0 aliphatic carbocycles. The second-order valence-electron chi connectivity index (χ2n) is 2.90. The Labute approximate surface area is 72.2 Å². The molecule has 1 amide bonds. The molecule has 4 nitrogen and oxygen atoms in total. The maximum absolute atomic E-state index is 10.8. The van der Waals surface area contributed by atoms with Crippen LogP contribution in [0.4, 0.5) is 4.79 Å². The second-order valence-corrected chi connectivity index (χ2v) is 2.90. The number of carbonyl (C=O) groups excluding carboxylic acids is 1. The minimum atomic E-state index is -0.399. The van der Waals surface area contributed by atoms with E-state index in [9.17, 15) is 4.79 Å². The van der Waals surface area contributed by atoms with E-state index in [0.29, 0.717) is 0 Å². The van der Waals surface area contributed by atoms with E-state index >= 15 is 0 Å². The Balaban J connectivity index is 2.35. The molecule has 0 unspecified atom stereocenters. The Morgan fingerprint density at radius 2 is 2.42 bits per heavy atom. The van der Waals surface area contributed by atoms with Gasteiger partial charge in [0.05, 0.1) is 6.04 Å². The third-order valence-corrected chi connectivity index (χ3v) is 1.96. The van der Waals surface area contributed by atoms with Gasteiger partial charge in [-0.25, -0.2) is 4.79 Å². The molecule has 0 spiro atoms. The molecule has 1 aliphatic rings. The number of unbranched alkanes of at least 4 members (excludes halogenated alkanes) is 1. The van der Waals surface area contributed by atoms with Gasteiger partial charge in [0.15, 0.2) is 0 Å². The van der Waals surface area contributed by atoms with Crippen LogP contribution < -0.4 is 5.32 Å². The van der Waals surface area contributed by atoms with Gasteiger partial charge in [-0.05, 0) is 6.42 Å². The summed E-state index contributed by atoms with van der Waals surface area (Å²) in [5.74, 6) is 0. The van der Waals surface area contributed by atoms with Gasteiger partial charge in [-0.1, -0.05) is 19.8 Å². The highest BCUT2D eigenvalue weighted by atomic mass is 16.7. The fraction of sp³-hybridized carbons (Fsp3) is 0.875. The van der Waals surface area contributed by atoms with E-state index in [-0.39, 0.29) is 12.1 Å². The molecule has 0 aromatic rings. The molecular weight excluding hydrogens is 158 g/mol. The van der Waals surface area contributed by atoms with Crippen LogP contribution in [0.1, 0.15) is 26.2 Å². The lowest BCUT2D eigenvalue weighted by Crippen LogP contribution is -2.32. The first-order valence-electron chi connectivity index (χ1n) is 4.28. The predicted molar refractivity (Wildman–Crippen MR) is 43.7 cm³/mol. The number of rotatable bonds is 4. The molecule has 0 bridgehead atoms. The summed E-state index contributed by atoms with van der Waals surface area (Å²) in [6, 6.07) is 0.0300. The van der Waals surface area contributed by atoms with Gasteiger partial charge in [0.25, 0.3) is 0 Å². The van der Waals surface area contributed by atoms with Crippen molar-refractivity contribution in [3.05, 3.63) is 0 Å². The zero-order chi connectivity index (χ0) is 8.97. The minimum Gasteiger partial charge on any atom is -0.417 e. The van der Waals surface area contributed by atoms with Gasteiger partial charge in [0.1, 0.15) is 0 Å². The molecule has 1 aliphatic heterocycles. The second kappa shape index (κ2) is 4.30. The molecule has 70 valence electrons. The monoisotopic (exact) mass is 173 g/mol. The zero-order valence-corrected chi connectivity index (χ0v) is 7.50. The number of amides is 1. The predicted octanol–water partition coefficient (Wildman–Crippen LogP) is 1.26. The zero-order valence-electron chi connectivity index (χ0n) is 7.50. The van der Waals surface area contributed by atoms with Gasteiger partial charge in [-0.3, -0.25) is 0 Å². The highest BCUT2D eigenvalue weighted by Gasteiger charge is 2.33.